The Hall–Kier alpha value is -1.05. The van der Waals surface area contributed by atoms with E-state index >= 15 is 0 Å². The summed E-state index contributed by atoms with van der Waals surface area (Å²) in [6, 6.07) is 0. The number of amides is 2. The van der Waals surface area contributed by atoms with E-state index in [0.29, 0.717) is 12.8 Å². The van der Waals surface area contributed by atoms with E-state index in [1.807, 2.05) is 0 Å². The molecule has 0 radical (unpaired) electrons. The molecule has 2 N–H and O–H groups in total. The van der Waals surface area contributed by atoms with Crippen LogP contribution in [0.4, 0.5) is 0 Å². The summed E-state index contributed by atoms with van der Waals surface area (Å²) in [5.74, 6) is -0.598. The van der Waals surface area contributed by atoms with Gasteiger partial charge >= 0.3 is 0 Å². The molecule has 1 saturated carbocycles. The first kappa shape index (κ1) is 13.4. The molecule has 7 heteroatoms. The van der Waals surface area contributed by atoms with E-state index in [-0.39, 0.29) is 43.2 Å². The van der Waals surface area contributed by atoms with Gasteiger partial charge in [-0.2, -0.15) is 0 Å². The second kappa shape index (κ2) is 4.91. The summed E-state index contributed by atoms with van der Waals surface area (Å²) in [6.07, 6.45) is 1.89. The van der Waals surface area contributed by atoms with Crippen molar-refractivity contribution in [2.45, 2.75) is 19.3 Å². The van der Waals surface area contributed by atoms with Crippen molar-refractivity contribution in [1.29, 1.82) is 0 Å². The van der Waals surface area contributed by atoms with Gasteiger partial charge in [0, 0.05) is 0 Å². The van der Waals surface area contributed by atoms with Crippen LogP contribution in [0.25, 0.3) is 0 Å². The van der Waals surface area contributed by atoms with Crippen LogP contribution in [0.3, 0.4) is 0 Å². The van der Waals surface area contributed by atoms with E-state index in [1.165, 1.54) is 9.80 Å². The lowest BCUT2D eigenvalue weighted by molar-refractivity contribution is -0.163. The number of nitrogens with zero attached hydrogens (tertiary/aromatic N) is 2. The Kier molecular flexibility index (Phi) is 3.65. The molecule has 18 heavy (non-hydrogen) atoms. The van der Waals surface area contributed by atoms with Crippen molar-refractivity contribution in [3.63, 3.8) is 0 Å². The van der Waals surface area contributed by atoms with Gasteiger partial charge in [0.25, 0.3) is 0 Å². The maximum Gasteiger partial charge on any atom is 0.244 e. The number of aliphatic hydroxyl groups excluding tert-OH is 2. The second-order valence-electron chi connectivity index (χ2n) is 4.58. The molecule has 2 fully saturated rings. The predicted molar refractivity (Wildman–Crippen MR) is 66.5 cm³/mol. The van der Waals surface area contributed by atoms with Crippen molar-refractivity contribution in [3.05, 3.63) is 0 Å². The van der Waals surface area contributed by atoms with E-state index in [4.69, 9.17) is 22.4 Å². The first-order valence-corrected chi connectivity index (χ1v) is 6.39. The first-order valence-electron chi connectivity index (χ1n) is 5.98. The number of rotatable bonds is 4. The molecule has 0 aromatic heterocycles. The van der Waals surface area contributed by atoms with Crippen molar-refractivity contribution < 1.29 is 19.8 Å². The molecule has 1 aliphatic heterocycles. The zero-order valence-corrected chi connectivity index (χ0v) is 10.8. The van der Waals surface area contributed by atoms with E-state index in [1.54, 1.807) is 0 Å². The molecule has 2 rings (SSSR count). The molecule has 0 unspecified atom stereocenters. The molecular weight excluding hydrogens is 256 g/mol. The third-order valence-corrected chi connectivity index (χ3v) is 4.07. The minimum Gasteiger partial charge on any atom is -0.395 e. The summed E-state index contributed by atoms with van der Waals surface area (Å²) >= 11 is 5.10. The number of carbonyl (C=O) groups is 2. The highest BCUT2D eigenvalue weighted by atomic mass is 32.1. The minimum absolute atomic E-state index is 0.0885. The van der Waals surface area contributed by atoms with Crippen molar-refractivity contribution in [3.8, 4) is 0 Å². The van der Waals surface area contributed by atoms with Gasteiger partial charge in [-0.05, 0) is 25.1 Å². The lowest BCUT2D eigenvalue weighted by Crippen LogP contribution is -2.67. The Labute approximate surface area is 110 Å². The number of hydrogen-bond acceptors (Lipinski definition) is 5. The van der Waals surface area contributed by atoms with Crippen molar-refractivity contribution in [1.82, 2.24) is 9.80 Å². The van der Waals surface area contributed by atoms with Gasteiger partial charge < -0.3 is 10.2 Å². The van der Waals surface area contributed by atoms with Gasteiger partial charge in [-0.3, -0.25) is 19.4 Å². The topological polar surface area (TPSA) is 81.1 Å². The van der Waals surface area contributed by atoms with Gasteiger partial charge in [0.1, 0.15) is 5.41 Å². The zero-order valence-electron chi connectivity index (χ0n) is 9.96. The zero-order chi connectivity index (χ0) is 13.3. The van der Waals surface area contributed by atoms with Crippen LogP contribution >= 0.6 is 12.2 Å². The molecular formula is C11H16N2O4S. The van der Waals surface area contributed by atoms with Gasteiger partial charge in [-0.15, -0.1) is 0 Å². The molecule has 0 aromatic carbocycles. The molecule has 1 heterocycles. The highest BCUT2D eigenvalue weighted by Crippen LogP contribution is 2.46. The van der Waals surface area contributed by atoms with Gasteiger partial charge in [0.05, 0.1) is 26.3 Å². The Morgan fingerprint density at radius 1 is 1.06 bits per heavy atom. The van der Waals surface area contributed by atoms with Gasteiger partial charge in [0.2, 0.25) is 11.8 Å². The molecule has 100 valence electrons. The standard InChI is InChI=1S/C11H16N2O4S/c14-6-4-12-8(16)11(2-1-3-11)9(17)13(5-7-15)10(12)18/h14-15H,1-7H2. The number of thiocarbonyl (C=S) groups is 1. The fourth-order valence-electron chi connectivity index (χ4n) is 2.48. The van der Waals surface area contributed by atoms with Crippen molar-refractivity contribution in [2.24, 2.45) is 5.41 Å². The Bertz CT molecular complexity index is 365. The fourth-order valence-corrected chi connectivity index (χ4v) is 2.83. The summed E-state index contributed by atoms with van der Waals surface area (Å²) in [5.41, 5.74) is -0.993. The van der Waals surface area contributed by atoms with Crippen LogP contribution in [-0.4, -0.2) is 63.2 Å². The molecule has 1 aliphatic carbocycles. The average Bonchev–Trinajstić information content (AvgIpc) is 2.29. The monoisotopic (exact) mass is 272 g/mol. The first-order chi connectivity index (χ1) is 8.58. The van der Waals surface area contributed by atoms with Crippen LogP contribution in [0, 0.1) is 5.41 Å². The Morgan fingerprint density at radius 3 is 1.78 bits per heavy atom. The molecule has 0 aromatic rings. The molecule has 1 saturated heterocycles. The van der Waals surface area contributed by atoms with Crippen LogP contribution in [0.2, 0.25) is 0 Å². The quantitative estimate of drug-likeness (QED) is 0.512. The number of hydrogen-bond donors (Lipinski definition) is 2. The van der Waals surface area contributed by atoms with Crippen molar-refractivity contribution in [2.75, 3.05) is 26.3 Å². The Balaban J connectivity index is 2.32. The molecule has 2 aliphatic rings. The van der Waals surface area contributed by atoms with E-state index < -0.39 is 5.41 Å². The fraction of sp³-hybridized carbons (Fsp3) is 0.727. The van der Waals surface area contributed by atoms with Crippen LogP contribution in [0.5, 0.6) is 0 Å². The van der Waals surface area contributed by atoms with Crippen molar-refractivity contribution >= 4 is 29.1 Å². The maximum absolute atomic E-state index is 12.3. The van der Waals surface area contributed by atoms with Crippen LogP contribution in [0.15, 0.2) is 0 Å². The predicted octanol–water partition coefficient (Wildman–Crippen LogP) is -0.903. The van der Waals surface area contributed by atoms with Crippen LogP contribution < -0.4 is 0 Å². The normalized spacial score (nSPS) is 22.7. The summed E-state index contributed by atoms with van der Waals surface area (Å²) in [5, 5.41) is 18.1. The maximum atomic E-state index is 12.3. The third kappa shape index (κ3) is 1.73. The average molecular weight is 272 g/mol. The van der Waals surface area contributed by atoms with E-state index in [9.17, 15) is 9.59 Å². The molecule has 0 bridgehead atoms. The summed E-state index contributed by atoms with van der Waals surface area (Å²) in [6.45, 7) is -0.227. The molecule has 1 spiro atoms. The summed E-state index contributed by atoms with van der Waals surface area (Å²) < 4.78 is 0. The molecule has 2 amide bonds. The molecule has 0 atom stereocenters. The SMILES string of the molecule is O=C1N(CCO)C(=S)N(CCO)C(=O)C12CCC2. The second-order valence-corrected chi connectivity index (χ2v) is 4.94. The largest absolute Gasteiger partial charge is 0.395 e. The van der Waals surface area contributed by atoms with E-state index in [2.05, 4.69) is 0 Å². The van der Waals surface area contributed by atoms with E-state index in [0.717, 1.165) is 6.42 Å². The smallest absolute Gasteiger partial charge is 0.244 e. The number of carbonyl (C=O) groups excluding carboxylic acids is 2. The van der Waals surface area contributed by atoms with Gasteiger partial charge in [-0.1, -0.05) is 6.42 Å². The lowest BCUT2D eigenvalue weighted by Gasteiger charge is -2.49. The molecule has 6 nitrogen and oxygen atoms in total. The number of aliphatic hydroxyl groups is 2. The third-order valence-electron chi connectivity index (χ3n) is 3.63. The van der Waals surface area contributed by atoms with Gasteiger partial charge in [-0.25, -0.2) is 0 Å². The highest BCUT2D eigenvalue weighted by Gasteiger charge is 2.58. The van der Waals surface area contributed by atoms with Gasteiger partial charge in [0.15, 0.2) is 5.11 Å². The lowest BCUT2D eigenvalue weighted by atomic mass is 9.66. The summed E-state index contributed by atoms with van der Waals surface area (Å²) in [7, 11) is 0. The number of β-amino-alcohol motifs (C(OH)–C–C–N with tert-alkyl or cyclic N) is 2. The van der Waals surface area contributed by atoms with Crippen LogP contribution in [-0.2, 0) is 9.59 Å². The van der Waals surface area contributed by atoms with Crippen LogP contribution in [0.1, 0.15) is 19.3 Å². The summed E-state index contributed by atoms with van der Waals surface area (Å²) in [4.78, 5) is 27.2. The Morgan fingerprint density at radius 2 is 1.50 bits per heavy atom. The minimum atomic E-state index is -0.993. The highest BCUT2D eigenvalue weighted by molar-refractivity contribution is 7.80.